The molecule has 0 bridgehead atoms. The molecule has 20 heavy (non-hydrogen) atoms. The molecule has 0 atom stereocenters. The Morgan fingerprint density at radius 1 is 1.20 bits per heavy atom. The summed E-state index contributed by atoms with van der Waals surface area (Å²) in [6, 6.07) is 8.72. The van der Waals surface area contributed by atoms with E-state index in [1.807, 2.05) is 18.7 Å². The zero-order valence-electron chi connectivity index (χ0n) is 12.4. The molecule has 2 aromatic rings. The molecule has 5 heteroatoms. The normalized spacial score (nSPS) is 11.2. The van der Waals surface area contributed by atoms with Gasteiger partial charge in [0.05, 0.1) is 6.54 Å². The first-order chi connectivity index (χ1) is 9.63. The highest BCUT2D eigenvalue weighted by Crippen LogP contribution is 2.19. The Balaban J connectivity index is 1.64. The molecule has 0 amide bonds. The largest absolute Gasteiger partial charge is 0.299 e. The third kappa shape index (κ3) is 4.98. The van der Waals surface area contributed by atoms with Crippen LogP contribution in [0, 0.1) is 13.8 Å². The second kappa shape index (κ2) is 7.45. The maximum Gasteiger partial charge on any atom is 0.164 e. The number of benzene rings is 1. The predicted molar refractivity (Wildman–Crippen MR) is 84.0 cm³/mol. The topological polar surface area (TPSA) is 44.8 Å². The molecule has 2 rings (SSSR count). The fourth-order valence-electron chi connectivity index (χ4n) is 1.94. The van der Waals surface area contributed by atoms with Crippen LogP contribution in [-0.4, -0.2) is 39.4 Å². The molecule has 1 aromatic heterocycles. The van der Waals surface area contributed by atoms with E-state index in [1.165, 1.54) is 16.9 Å². The van der Waals surface area contributed by atoms with Crippen LogP contribution >= 0.6 is 11.8 Å². The number of aryl methyl sites for hydroxylation is 2. The Labute approximate surface area is 125 Å². The molecule has 0 spiro atoms. The van der Waals surface area contributed by atoms with Gasteiger partial charge in [0.1, 0.15) is 5.82 Å². The zero-order valence-corrected chi connectivity index (χ0v) is 13.2. The van der Waals surface area contributed by atoms with E-state index in [1.54, 1.807) is 0 Å². The van der Waals surface area contributed by atoms with Crippen LogP contribution in [0.3, 0.4) is 0 Å². The average molecular weight is 290 g/mol. The Kier molecular flexibility index (Phi) is 5.61. The van der Waals surface area contributed by atoms with E-state index in [2.05, 4.69) is 58.3 Å². The van der Waals surface area contributed by atoms with E-state index < -0.39 is 0 Å². The molecule has 0 aliphatic carbocycles. The molecule has 0 fully saturated rings. The lowest BCUT2D eigenvalue weighted by atomic mass is 10.2. The van der Waals surface area contributed by atoms with Crippen molar-refractivity contribution in [1.82, 2.24) is 20.1 Å². The minimum absolute atomic E-state index is 0.805. The number of aromatic nitrogens is 3. The summed E-state index contributed by atoms with van der Waals surface area (Å²) >= 11 is 1.92. The molecule has 0 unspecified atom stereocenters. The SMILES string of the molecule is Cc1ccc(SCCCN(C)Cc2n[nH]c(C)n2)cc1. The summed E-state index contributed by atoms with van der Waals surface area (Å²) in [6.45, 7) is 5.91. The number of thioether (sulfide) groups is 1. The average Bonchev–Trinajstić information content (AvgIpc) is 2.82. The first-order valence-electron chi connectivity index (χ1n) is 6.89. The summed E-state index contributed by atoms with van der Waals surface area (Å²) in [5.74, 6) is 2.89. The van der Waals surface area contributed by atoms with Gasteiger partial charge in [-0.1, -0.05) is 17.7 Å². The summed E-state index contributed by atoms with van der Waals surface area (Å²) in [5, 5.41) is 7.03. The van der Waals surface area contributed by atoms with Crippen molar-refractivity contribution in [2.75, 3.05) is 19.3 Å². The van der Waals surface area contributed by atoms with Crippen molar-refractivity contribution >= 4 is 11.8 Å². The first-order valence-corrected chi connectivity index (χ1v) is 7.88. The highest BCUT2D eigenvalue weighted by atomic mass is 32.2. The van der Waals surface area contributed by atoms with Crippen LogP contribution in [0.15, 0.2) is 29.2 Å². The number of H-pyrrole nitrogens is 1. The van der Waals surface area contributed by atoms with Crippen LogP contribution in [0.4, 0.5) is 0 Å². The van der Waals surface area contributed by atoms with Gasteiger partial charge in [-0.25, -0.2) is 4.98 Å². The molecule has 1 heterocycles. The van der Waals surface area contributed by atoms with E-state index in [9.17, 15) is 0 Å². The molecule has 1 N–H and O–H groups in total. The summed E-state index contributed by atoms with van der Waals surface area (Å²) < 4.78 is 0. The summed E-state index contributed by atoms with van der Waals surface area (Å²) in [6.07, 6.45) is 1.17. The van der Waals surface area contributed by atoms with Crippen molar-refractivity contribution in [2.24, 2.45) is 0 Å². The smallest absolute Gasteiger partial charge is 0.164 e. The third-order valence-corrected chi connectivity index (χ3v) is 4.13. The van der Waals surface area contributed by atoms with Gasteiger partial charge in [0.25, 0.3) is 0 Å². The van der Waals surface area contributed by atoms with Crippen molar-refractivity contribution in [2.45, 2.75) is 31.7 Å². The number of hydrogen-bond donors (Lipinski definition) is 1. The molecule has 4 nitrogen and oxygen atoms in total. The number of hydrogen-bond acceptors (Lipinski definition) is 4. The number of nitrogens with one attached hydrogen (secondary N) is 1. The van der Waals surface area contributed by atoms with Crippen molar-refractivity contribution in [3.63, 3.8) is 0 Å². The number of aromatic amines is 1. The van der Waals surface area contributed by atoms with Crippen LogP contribution in [0.25, 0.3) is 0 Å². The van der Waals surface area contributed by atoms with E-state index >= 15 is 0 Å². The van der Waals surface area contributed by atoms with Crippen LogP contribution in [-0.2, 0) is 6.54 Å². The minimum Gasteiger partial charge on any atom is -0.299 e. The van der Waals surface area contributed by atoms with Crippen LogP contribution in [0.2, 0.25) is 0 Å². The Bertz CT molecular complexity index is 521. The highest BCUT2D eigenvalue weighted by molar-refractivity contribution is 7.99. The van der Waals surface area contributed by atoms with E-state index in [4.69, 9.17) is 0 Å². The van der Waals surface area contributed by atoms with E-state index in [-0.39, 0.29) is 0 Å². The summed E-state index contributed by atoms with van der Waals surface area (Å²) in [4.78, 5) is 7.93. The molecule has 108 valence electrons. The molecule has 1 aromatic carbocycles. The van der Waals surface area contributed by atoms with Crippen molar-refractivity contribution in [1.29, 1.82) is 0 Å². The van der Waals surface area contributed by atoms with E-state index in [0.29, 0.717) is 0 Å². The van der Waals surface area contributed by atoms with Gasteiger partial charge in [0, 0.05) is 4.90 Å². The maximum atomic E-state index is 4.32. The lowest BCUT2D eigenvalue weighted by molar-refractivity contribution is 0.320. The molecular weight excluding hydrogens is 268 g/mol. The van der Waals surface area contributed by atoms with Crippen molar-refractivity contribution in [3.05, 3.63) is 41.5 Å². The van der Waals surface area contributed by atoms with Gasteiger partial charge < -0.3 is 0 Å². The summed E-state index contributed by atoms with van der Waals surface area (Å²) in [7, 11) is 2.11. The van der Waals surface area contributed by atoms with Gasteiger partial charge in [0.2, 0.25) is 0 Å². The van der Waals surface area contributed by atoms with Gasteiger partial charge in [-0.3, -0.25) is 10.00 Å². The van der Waals surface area contributed by atoms with Crippen LogP contribution in [0.1, 0.15) is 23.6 Å². The summed E-state index contributed by atoms with van der Waals surface area (Å²) in [5.41, 5.74) is 1.32. The molecule has 0 saturated carbocycles. The number of rotatable bonds is 7. The number of nitrogens with zero attached hydrogens (tertiary/aromatic N) is 3. The maximum absolute atomic E-state index is 4.32. The molecule has 0 saturated heterocycles. The van der Waals surface area contributed by atoms with E-state index in [0.717, 1.165) is 30.5 Å². The fraction of sp³-hybridized carbons (Fsp3) is 0.467. The van der Waals surface area contributed by atoms with Crippen molar-refractivity contribution in [3.8, 4) is 0 Å². The van der Waals surface area contributed by atoms with Gasteiger partial charge in [-0.05, 0) is 51.7 Å². The second-order valence-corrected chi connectivity index (χ2v) is 6.26. The zero-order chi connectivity index (χ0) is 14.4. The van der Waals surface area contributed by atoms with Crippen LogP contribution < -0.4 is 0 Å². The lowest BCUT2D eigenvalue weighted by Crippen LogP contribution is -2.20. The Hall–Kier alpha value is -1.33. The molecule has 0 aliphatic heterocycles. The molecule has 0 aliphatic rings. The second-order valence-electron chi connectivity index (χ2n) is 5.09. The highest BCUT2D eigenvalue weighted by Gasteiger charge is 2.04. The van der Waals surface area contributed by atoms with Gasteiger partial charge in [0.15, 0.2) is 5.82 Å². The molecular formula is C15H22N4S. The standard InChI is InChI=1S/C15H22N4S/c1-12-5-7-14(8-6-12)20-10-4-9-19(3)11-15-16-13(2)17-18-15/h5-8H,4,9-11H2,1-3H3,(H,16,17,18). The van der Waals surface area contributed by atoms with Gasteiger partial charge in [-0.15, -0.1) is 11.8 Å². The third-order valence-electron chi connectivity index (χ3n) is 3.03. The van der Waals surface area contributed by atoms with Crippen LogP contribution in [0.5, 0.6) is 0 Å². The van der Waals surface area contributed by atoms with Gasteiger partial charge in [-0.2, -0.15) is 5.10 Å². The predicted octanol–water partition coefficient (Wildman–Crippen LogP) is 3.04. The Morgan fingerprint density at radius 2 is 1.95 bits per heavy atom. The Morgan fingerprint density at radius 3 is 2.60 bits per heavy atom. The quantitative estimate of drug-likeness (QED) is 0.629. The monoisotopic (exact) mass is 290 g/mol. The fourth-order valence-corrected chi connectivity index (χ4v) is 2.78. The minimum atomic E-state index is 0.805. The van der Waals surface area contributed by atoms with Gasteiger partial charge >= 0.3 is 0 Å². The first kappa shape index (κ1) is 15.1. The van der Waals surface area contributed by atoms with Crippen molar-refractivity contribution < 1.29 is 0 Å². The molecule has 0 radical (unpaired) electrons. The lowest BCUT2D eigenvalue weighted by Gasteiger charge is -2.14.